The molecule has 1 unspecified atom stereocenters. The number of anilines is 2. The molecule has 1 aromatic rings. The van der Waals surface area contributed by atoms with Crippen molar-refractivity contribution < 1.29 is 9.90 Å². The van der Waals surface area contributed by atoms with Crippen LogP contribution in [0.5, 0.6) is 5.75 Å². The minimum Gasteiger partial charge on any atom is -0.506 e. The van der Waals surface area contributed by atoms with Gasteiger partial charge in [-0.05, 0) is 6.07 Å². The number of phenolic OH excluding ortho intramolecular Hbond substituents is 1. The molecule has 72 valence electrons. The smallest absolute Gasteiger partial charge is 0.149 e. The number of carbonyl (C=O) groups is 1. The highest BCUT2D eigenvalue weighted by atomic mass is 16.3. The third kappa shape index (κ3) is 1.19. The van der Waals surface area contributed by atoms with Crippen molar-refractivity contribution in [3.8, 4) is 5.75 Å². The van der Waals surface area contributed by atoms with Crippen molar-refractivity contribution in [3.05, 3.63) is 17.7 Å². The topological polar surface area (TPSA) is 87.7 Å². The highest BCUT2D eigenvalue weighted by molar-refractivity contribution is 5.87. The van der Waals surface area contributed by atoms with E-state index >= 15 is 0 Å². The van der Waals surface area contributed by atoms with Crippen molar-refractivity contribution in [1.82, 2.24) is 0 Å². The molecule has 1 aromatic carbocycles. The maximum atomic E-state index is 10.7. The molecular weight excluding hydrogens is 182 g/mol. The van der Waals surface area contributed by atoms with Gasteiger partial charge in [0.15, 0.2) is 0 Å². The average Bonchev–Trinajstić information content (AvgIpc) is 2.19. The zero-order valence-electron chi connectivity index (χ0n) is 7.27. The minimum absolute atomic E-state index is 0.00352. The summed E-state index contributed by atoms with van der Waals surface area (Å²) < 4.78 is 0. The number of hydrogen-bond acceptors (Lipinski definition) is 5. The van der Waals surface area contributed by atoms with Crippen LogP contribution in [-0.2, 0) is 4.79 Å². The van der Waals surface area contributed by atoms with Gasteiger partial charge < -0.3 is 21.0 Å². The average molecular weight is 191 g/mol. The molecule has 0 radical (unpaired) electrons. The maximum Gasteiger partial charge on any atom is 0.149 e. The highest BCUT2D eigenvalue weighted by Gasteiger charge is 2.18. The maximum absolute atomic E-state index is 10.7. The molecule has 0 saturated heterocycles. The summed E-state index contributed by atoms with van der Waals surface area (Å²) in [5, 5.41) is 12.2. The second-order valence-corrected chi connectivity index (χ2v) is 3.00. The number of aliphatic imine (C=N–C) groups is 1. The molecular formula is C9H9N3O2. The lowest BCUT2D eigenvalue weighted by Crippen LogP contribution is -2.11. The Balaban J connectivity index is 2.56. The van der Waals surface area contributed by atoms with Crippen molar-refractivity contribution >= 4 is 24.0 Å². The van der Waals surface area contributed by atoms with Crippen LogP contribution < -0.4 is 11.1 Å². The third-order valence-electron chi connectivity index (χ3n) is 2.10. The Labute approximate surface area is 80.3 Å². The predicted molar refractivity (Wildman–Crippen MR) is 53.4 cm³/mol. The number of aldehydes is 1. The largest absolute Gasteiger partial charge is 0.506 e. The number of hydrogen-bond donors (Lipinski definition) is 3. The standard InChI is InChI=1S/C9H9N3O2/c10-6-1-5-7(2-9(6)14)11-4-12-8(5)3-13/h1-4,8,14H,10H2,(H,11,12). The van der Waals surface area contributed by atoms with Crippen LogP contribution in [0.1, 0.15) is 11.6 Å². The van der Waals surface area contributed by atoms with Crippen LogP contribution in [0.2, 0.25) is 0 Å². The Bertz CT molecular complexity index is 415. The summed E-state index contributed by atoms with van der Waals surface area (Å²) in [6, 6.07) is 2.49. The van der Waals surface area contributed by atoms with Crippen LogP contribution in [0.3, 0.4) is 0 Å². The zero-order valence-corrected chi connectivity index (χ0v) is 7.27. The van der Waals surface area contributed by atoms with Gasteiger partial charge in [-0.1, -0.05) is 0 Å². The zero-order chi connectivity index (χ0) is 10.1. The molecule has 2 rings (SSSR count). The van der Waals surface area contributed by atoms with Gasteiger partial charge in [-0.3, -0.25) is 4.99 Å². The summed E-state index contributed by atoms with van der Waals surface area (Å²) >= 11 is 0. The minimum atomic E-state index is -0.533. The van der Waals surface area contributed by atoms with Gasteiger partial charge in [0.1, 0.15) is 18.1 Å². The predicted octanol–water partition coefficient (Wildman–Crippen LogP) is 0.668. The molecule has 0 aliphatic carbocycles. The normalized spacial score (nSPS) is 18.4. The molecule has 1 aliphatic rings. The van der Waals surface area contributed by atoms with Gasteiger partial charge in [-0.15, -0.1) is 0 Å². The van der Waals surface area contributed by atoms with E-state index in [0.29, 0.717) is 11.3 Å². The highest BCUT2D eigenvalue weighted by Crippen LogP contribution is 2.34. The number of fused-ring (bicyclic) bond motifs is 1. The lowest BCUT2D eigenvalue weighted by Gasteiger charge is -2.17. The SMILES string of the molecule is Nc1cc2c(cc1O)NC=NC2C=O. The molecule has 1 aliphatic heterocycles. The number of benzene rings is 1. The summed E-state index contributed by atoms with van der Waals surface area (Å²) in [4.78, 5) is 14.6. The number of rotatable bonds is 1. The van der Waals surface area contributed by atoms with E-state index in [1.807, 2.05) is 0 Å². The van der Waals surface area contributed by atoms with Gasteiger partial charge in [0.25, 0.3) is 0 Å². The number of nitrogens with one attached hydrogen (secondary N) is 1. The lowest BCUT2D eigenvalue weighted by atomic mass is 10.0. The van der Waals surface area contributed by atoms with E-state index in [4.69, 9.17) is 5.73 Å². The van der Waals surface area contributed by atoms with Gasteiger partial charge >= 0.3 is 0 Å². The number of phenols is 1. The van der Waals surface area contributed by atoms with E-state index in [2.05, 4.69) is 10.3 Å². The fourth-order valence-corrected chi connectivity index (χ4v) is 1.37. The Hall–Kier alpha value is -2.04. The molecule has 0 bridgehead atoms. The molecule has 0 amide bonds. The van der Waals surface area contributed by atoms with Gasteiger partial charge in [-0.25, -0.2) is 0 Å². The van der Waals surface area contributed by atoms with Crippen molar-refractivity contribution in [2.75, 3.05) is 11.1 Å². The van der Waals surface area contributed by atoms with Gasteiger partial charge in [0, 0.05) is 17.3 Å². The van der Waals surface area contributed by atoms with E-state index in [1.165, 1.54) is 12.4 Å². The number of carbonyl (C=O) groups excluding carboxylic acids is 1. The molecule has 4 N–H and O–H groups in total. The summed E-state index contributed by atoms with van der Waals surface area (Å²) in [6.45, 7) is 0. The first-order valence-corrected chi connectivity index (χ1v) is 4.08. The van der Waals surface area contributed by atoms with Crippen molar-refractivity contribution in [1.29, 1.82) is 0 Å². The van der Waals surface area contributed by atoms with Gasteiger partial charge in [-0.2, -0.15) is 0 Å². The molecule has 0 fully saturated rings. The second kappa shape index (κ2) is 3.02. The Morgan fingerprint density at radius 2 is 2.36 bits per heavy atom. The van der Waals surface area contributed by atoms with Crippen LogP contribution in [0.25, 0.3) is 0 Å². The monoisotopic (exact) mass is 191 g/mol. The van der Waals surface area contributed by atoms with Crippen LogP contribution >= 0.6 is 0 Å². The van der Waals surface area contributed by atoms with Crippen LogP contribution in [0.4, 0.5) is 11.4 Å². The third-order valence-corrected chi connectivity index (χ3v) is 2.10. The van der Waals surface area contributed by atoms with E-state index in [9.17, 15) is 9.90 Å². The van der Waals surface area contributed by atoms with Crippen molar-refractivity contribution in [3.63, 3.8) is 0 Å². The Morgan fingerprint density at radius 3 is 3.07 bits per heavy atom. The van der Waals surface area contributed by atoms with Crippen LogP contribution in [-0.4, -0.2) is 17.7 Å². The van der Waals surface area contributed by atoms with Gasteiger partial charge in [0.2, 0.25) is 0 Å². The fraction of sp³-hybridized carbons (Fsp3) is 0.111. The molecule has 0 aromatic heterocycles. The van der Waals surface area contributed by atoms with Crippen molar-refractivity contribution in [2.45, 2.75) is 6.04 Å². The Kier molecular flexibility index (Phi) is 1.85. The first kappa shape index (κ1) is 8.55. The summed E-state index contributed by atoms with van der Waals surface area (Å²) in [7, 11) is 0. The number of aromatic hydroxyl groups is 1. The summed E-state index contributed by atoms with van der Waals surface area (Å²) in [5.41, 5.74) is 7.09. The van der Waals surface area contributed by atoms with E-state index in [1.54, 1.807) is 6.07 Å². The molecule has 0 saturated carbocycles. The second-order valence-electron chi connectivity index (χ2n) is 3.00. The first-order valence-electron chi connectivity index (χ1n) is 4.08. The molecule has 1 heterocycles. The van der Waals surface area contributed by atoms with E-state index in [-0.39, 0.29) is 11.4 Å². The molecule has 0 spiro atoms. The van der Waals surface area contributed by atoms with E-state index < -0.39 is 6.04 Å². The summed E-state index contributed by atoms with van der Waals surface area (Å²) in [6.07, 6.45) is 2.16. The number of nitrogens with two attached hydrogens (primary N) is 1. The molecule has 14 heavy (non-hydrogen) atoms. The number of nitrogen functional groups attached to an aromatic ring is 1. The number of nitrogens with zero attached hydrogens (tertiary/aromatic N) is 1. The molecule has 1 atom stereocenters. The fourth-order valence-electron chi connectivity index (χ4n) is 1.37. The van der Waals surface area contributed by atoms with Crippen LogP contribution in [0, 0.1) is 0 Å². The molecule has 5 nitrogen and oxygen atoms in total. The van der Waals surface area contributed by atoms with E-state index in [0.717, 1.165) is 6.29 Å². The molecule has 5 heteroatoms. The summed E-state index contributed by atoms with van der Waals surface area (Å²) in [5.74, 6) is -0.00352. The quantitative estimate of drug-likeness (QED) is 0.346. The Morgan fingerprint density at radius 1 is 1.57 bits per heavy atom. The lowest BCUT2D eigenvalue weighted by molar-refractivity contribution is -0.108. The van der Waals surface area contributed by atoms with Crippen LogP contribution in [0.15, 0.2) is 17.1 Å². The van der Waals surface area contributed by atoms with Crippen molar-refractivity contribution in [2.24, 2.45) is 4.99 Å². The first-order chi connectivity index (χ1) is 6.72. The van der Waals surface area contributed by atoms with Gasteiger partial charge in [0.05, 0.1) is 12.0 Å².